The molecular formula is C32H34ClNO10S3. The van der Waals surface area contributed by atoms with Crippen molar-refractivity contribution in [2.45, 2.75) is 25.4 Å². The van der Waals surface area contributed by atoms with Gasteiger partial charge in [0, 0.05) is 33.7 Å². The summed E-state index contributed by atoms with van der Waals surface area (Å²) in [6, 6.07) is 10.4. The lowest BCUT2D eigenvalue weighted by Gasteiger charge is -2.34. The van der Waals surface area contributed by atoms with Crippen LogP contribution < -0.4 is 4.74 Å². The van der Waals surface area contributed by atoms with E-state index in [9.17, 15) is 31.5 Å². The monoisotopic (exact) mass is 723 g/mol. The number of halogens is 1. The van der Waals surface area contributed by atoms with Gasteiger partial charge in [0.1, 0.15) is 13.2 Å². The standard InChI is InChI=1S/C32H34ClNO10S3/c1-42-26-16-22-20(15-25(26)35)14-23(31(36)43-10-12-46(2,38)39)24(32(37)44-11-13-47(3,40)41)17-34(30(22)19-8-9-19)18-28-29(33)21-6-4-5-7-27(21)45-28/h4-7,14-17,19,30,35H,8-13,18H2,1-3H3. The van der Waals surface area contributed by atoms with Crippen LogP contribution in [0.5, 0.6) is 11.5 Å². The fourth-order valence-corrected chi connectivity index (χ4v) is 7.62. The van der Waals surface area contributed by atoms with Crippen LogP contribution in [0.4, 0.5) is 0 Å². The van der Waals surface area contributed by atoms with Crippen LogP contribution in [0.3, 0.4) is 0 Å². The summed E-state index contributed by atoms with van der Waals surface area (Å²) in [5, 5.41) is 12.2. The number of esters is 2. The van der Waals surface area contributed by atoms with Gasteiger partial charge in [0.2, 0.25) is 0 Å². The molecule has 1 N–H and O–H groups in total. The van der Waals surface area contributed by atoms with Gasteiger partial charge >= 0.3 is 11.9 Å². The maximum Gasteiger partial charge on any atom is 0.340 e. The molecule has 2 aromatic carbocycles. The molecule has 2 aliphatic rings. The number of benzene rings is 2. The Hall–Kier alpha value is -3.59. The Morgan fingerprint density at radius 1 is 0.979 bits per heavy atom. The Balaban J connectivity index is 1.68. The summed E-state index contributed by atoms with van der Waals surface area (Å²) >= 11 is 8.36. The zero-order valence-electron chi connectivity index (χ0n) is 25.9. The molecule has 1 saturated carbocycles. The first-order valence-electron chi connectivity index (χ1n) is 14.6. The van der Waals surface area contributed by atoms with Gasteiger partial charge < -0.3 is 24.2 Å². The van der Waals surface area contributed by atoms with E-state index in [1.165, 1.54) is 36.8 Å². The van der Waals surface area contributed by atoms with Crippen LogP contribution in [0.15, 0.2) is 53.7 Å². The predicted octanol–water partition coefficient (Wildman–Crippen LogP) is 4.68. The minimum absolute atomic E-state index is 0.131. The number of phenolic OH excluding ortho intramolecular Hbond substituents is 1. The Kier molecular flexibility index (Phi) is 10.3. The lowest BCUT2D eigenvalue weighted by Crippen LogP contribution is -2.30. The number of aromatic hydroxyl groups is 1. The highest BCUT2D eigenvalue weighted by Gasteiger charge is 2.40. The summed E-state index contributed by atoms with van der Waals surface area (Å²) < 4.78 is 64.1. The van der Waals surface area contributed by atoms with Gasteiger partial charge in [-0.25, -0.2) is 26.4 Å². The SMILES string of the molecule is COc1cc2c(cc1O)C=C(C(=O)OCCS(C)(=O)=O)C(C(=O)OCCS(C)(=O)=O)=CN(Cc1sc3ccccc3c1Cl)C2C1CC1. The van der Waals surface area contributed by atoms with Gasteiger partial charge in [0.25, 0.3) is 0 Å². The van der Waals surface area contributed by atoms with Crippen LogP contribution in [0.25, 0.3) is 16.2 Å². The van der Waals surface area contributed by atoms with Gasteiger partial charge in [-0.1, -0.05) is 29.8 Å². The third-order valence-electron chi connectivity index (χ3n) is 7.76. The smallest absolute Gasteiger partial charge is 0.340 e. The number of fused-ring (bicyclic) bond motifs is 2. The number of thiophene rings is 1. The van der Waals surface area contributed by atoms with Crippen molar-refractivity contribution in [2.24, 2.45) is 5.92 Å². The van der Waals surface area contributed by atoms with E-state index in [2.05, 4.69) is 0 Å². The van der Waals surface area contributed by atoms with Gasteiger partial charge in [-0.05, 0) is 54.2 Å². The minimum Gasteiger partial charge on any atom is -0.504 e. The minimum atomic E-state index is -3.48. The van der Waals surface area contributed by atoms with Crippen LogP contribution in [-0.2, 0) is 45.3 Å². The largest absolute Gasteiger partial charge is 0.504 e. The molecule has 1 unspecified atom stereocenters. The van der Waals surface area contributed by atoms with Gasteiger partial charge in [-0.3, -0.25) is 0 Å². The summed E-state index contributed by atoms with van der Waals surface area (Å²) in [5.74, 6) is -2.74. The van der Waals surface area contributed by atoms with Crippen molar-refractivity contribution in [3.05, 3.63) is 74.8 Å². The molecule has 47 heavy (non-hydrogen) atoms. The third kappa shape index (κ3) is 8.47. The van der Waals surface area contributed by atoms with Crippen molar-refractivity contribution in [3.8, 4) is 11.5 Å². The molecule has 1 fully saturated rings. The number of carbonyl (C=O) groups excluding carboxylic acids is 2. The Labute approximate surface area is 282 Å². The summed E-state index contributed by atoms with van der Waals surface area (Å²) in [6.45, 7) is -0.718. The number of hydrogen-bond donors (Lipinski definition) is 1. The molecule has 0 spiro atoms. The molecule has 252 valence electrons. The predicted molar refractivity (Wildman–Crippen MR) is 180 cm³/mol. The molecule has 1 aromatic heterocycles. The molecule has 2 heterocycles. The molecule has 1 atom stereocenters. The molecule has 0 radical (unpaired) electrons. The van der Waals surface area contributed by atoms with Crippen LogP contribution in [0, 0.1) is 5.92 Å². The highest BCUT2D eigenvalue weighted by atomic mass is 35.5. The van der Waals surface area contributed by atoms with E-state index in [1.807, 2.05) is 29.2 Å². The third-order valence-corrected chi connectivity index (χ3v) is 11.3. The number of hydrogen-bond acceptors (Lipinski definition) is 12. The van der Waals surface area contributed by atoms with E-state index in [1.54, 1.807) is 6.07 Å². The van der Waals surface area contributed by atoms with Gasteiger partial charge in [-0.15, -0.1) is 11.3 Å². The fraction of sp³-hybridized carbons (Fsp3) is 0.375. The van der Waals surface area contributed by atoms with Gasteiger partial charge in [0.15, 0.2) is 31.2 Å². The normalized spacial score (nSPS) is 16.9. The molecule has 1 aliphatic carbocycles. The first kappa shape index (κ1) is 34.7. The summed E-state index contributed by atoms with van der Waals surface area (Å²) in [7, 11) is -5.52. The molecule has 11 nitrogen and oxygen atoms in total. The second kappa shape index (κ2) is 13.9. The van der Waals surface area contributed by atoms with Crippen LogP contribution in [0.2, 0.25) is 5.02 Å². The Bertz CT molecular complexity index is 2000. The molecule has 5 rings (SSSR count). The second-order valence-corrected chi connectivity index (χ2v) is 17.6. The fourth-order valence-electron chi connectivity index (χ4n) is 5.34. The highest BCUT2D eigenvalue weighted by Crippen LogP contribution is 2.50. The Morgan fingerprint density at radius 2 is 1.60 bits per heavy atom. The number of ether oxygens (including phenoxy) is 3. The molecule has 15 heteroatoms. The maximum absolute atomic E-state index is 13.7. The first-order valence-corrected chi connectivity index (χ1v) is 19.9. The molecule has 0 saturated heterocycles. The van der Waals surface area contributed by atoms with Crippen molar-refractivity contribution in [1.82, 2.24) is 4.90 Å². The van der Waals surface area contributed by atoms with E-state index < -0.39 is 56.3 Å². The molecular weight excluding hydrogens is 690 g/mol. The second-order valence-electron chi connectivity index (χ2n) is 11.6. The van der Waals surface area contributed by atoms with Gasteiger partial charge in [-0.2, -0.15) is 0 Å². The van der Waals surface area contributed by atoms with Crippen molar-refractivity contribution in [3.63, 3.8) is 0 Å². The van der Waals surface area contributed by atoms with Crippen LogP contribution in [-0.4, -0.2) is 83.1 Å². The average Bonchev–Trinajstić information content (AvgIpc) is 3.76. The zero-order valence-corrected chi connectivity index (χ0v) is 29.1. The molecule has 0 amide bonds. The number of nitrogens with zero attached hydrogens (tertiary/aromatic N) is 1. The van der Waals surface area contributed by atoms with Crippen LogP contribution in [0.1, 0.15) is 34.9 Å². The van der Waals surface area contributed by atoms with E-state index >= 15 is 0 Å². The average molecular weight is 724 g/mol. The Morgan fingerprint density at radius 3 is 2.17 bits per heavy atom. The van der Waals surface area contributed by atoms with Crippen molar-refractivity contribution in [1.29, 1.82) is 0 Å². The topological polar surface area (TPSA) is 154 Å². The number of methoxy groups -OCH3 is 1. The molecule has 1 aliphatic heterocycles. The number of carbonyl (C=O) groups is 2. The zero-order chi connectivity index (χ0) is 34.1. The maximum atomic E-state index is 13.7. The summed E-state index contributed by atoms with van der Waals surface area (Å²) in [6.07, 6.45) is 6.64. The first-order chi connectivity index (χ1) is 22.1. The van der Waals surface area contributed by atoms with Crippen molar-refractivity contribution < 1.29 is 45.7 Å². The van der Waals surface area contributed by atoms with E-state index in [-0.39, 0.29) is 41.1 Å². The van der Waals surface area contributed by atoms with E-state index in [0.717, 1.165) is 40.3 Å². The number of rotatable bonds is 12. The van der Waals surface area contributed by atoms with Gasteiger partial charge in [0.05, 0.1) is 47.4 Å². The summed E-state index contributed by atoms with van der Waals surface area (Å²) in [4.78, 5) is 30.0. The lowest BCUT2D eigenvalue weighted by atomic mass is 9.90. The molecule has 3 aromatic rings. The van der Waals surface area contributed by atoms with E-state index in [0.29, 0.717) is 16.1 Å². The molecule has 0 bridgehead atoms. The van der Waals surface area contributed by atoms with Crippen molar-refractivity contribution >= 4 is 70.7 Å². The number of phenols is 1. The van der Waals surface area contributed by atoms with Crippen LogP contribution >= 0.6 is 22.9 Å². The summed E-state index contributed by atoms with van der Waals surface area (Å²) in [5.41, 5.74) is 0.612. The van der Waals surface area contributed by atoms with E-state index in [4.69, 9.17) is 25.8 Å². The van der Waals surface area contributed by atoms with Crippen molar-refractivity contribution in [2.75, 3.05) is 44.3 Å². The highest BCUT2D eigenvalue weighted by molar-refractivity contribution is 7.90. The quantitative estimate of drug-likeness (QED) is 0.259. The lowest BCUT2D eigenvalue weighted by molar-refractivity contribution is -0.142. The number of sulfone groups is 2.